The number of carbonyl (C=O) groups excluding carboxylic acids is 1. The van der Waals surface area contributed by atoms with Crippen molar-refractivity contribution in [2.75, 3.05) is 32.8 Å². The molecule has 1 unspecified atom stereocenters. The Morgan fingerprint density at radius 2 is 2.00 bits per heavy atom. The fourth-order valence-corrected chi connectivity index (χ4v) is 5.35. The number of thiophene rings is 1. The van der Waals surface area contributed by atoms with E-state index < -0.39 is 16.1 Å². The summed E-state index contributed by atoms with van der Waals surface area (Å²) in [7, 11) is -3.52. The predicted octanol–water partition coefficient (Wildman–Crippen LogP) is 1.66. The first-order valence-corrected chi connectivity index (χ1v) is 9.65. The van der Waals surface area contributed by atoms with E-state index >= 15 is 0 Å². The minimum atomic E-state index is -3.52. The van der Waals surface area contributed by atoms with Crippen LogP contribution in [-0.4, -0.2) is 62.4 Å². The van der Waals surface area contributed by atoms with E-state index in [-0.39, 0.29) is 23.2 Å². The Kier molecular flexibility index (Phi) is 5.84. The molecule has 0 saturated carbocycles. The minimum absolute atomic E-state index is 0.0990. The molecule has 1 amide bonds. The molecule has 1 saturated heterocycles. The van der Waals surface area contributed by atoms with Crippen molar-refractivity contribution in [3.05, 3.63) is 16.5 Å². The van der Waals surface area contributed by atoms with Crippen LogP contribution >= 0.6 is 22.9 Å². The lowest BCUT2D eigenvalue weighted by atomic mass is 10.3. The Balaban J connectivity index is 1.99. The maximum absolute atomic E-state index is 12.5. The molecule has 2 heterocycles. The second-order valence-corrected chi connectivity index (χ2v) is 8.77. The van der Waals surface area contributed by atoms with E-state index in [1.54, 1.807) is 17.9 Å². The summed E-state index contributed by atoms with van der Waals surface area (Å²) in [6.45, 7) is 5.32. The summed E-state index contributed by atoms with van der Waals surface area (Å²) in [6.07, 6.45) is -0.496. The fourth-order valence-electron chi connectivity index (χ4n) is 2.29. The molecule has 1 aromatic heterocycles. The first-order valence-electron chi connectivity index (χ1n) is 7.02. The van der Waals surface area contributed by atoms with Crippen LogP contribution in [0.2, 0.25) is 4.34 Å². The molecule has 0 bridgehead atoms. The van der Waals surface area contributed by atoms with Crippen LogP contribution in [0.4, 0.5) is 0 Å². The highest BCUT2D eigenvalue weighted by atomic mass is 35.5. The van der Waals surface area contributed by atoms with Crippen molar-refractivity contribution in [3.8, 4) is 0 Å². The van der Waals surface area contributed by atoms with Gasteiger partial charge in [0.2, 0.25) is 0 Å². The summed E-state index contributed by atoms with van der Waals surface area (Å²) in [5, 5.41) is 0. The molecule has 0 N–H and O–H groups in total. The van der Waals surface area contributed by atoms with Gasteiger partial charge in [0.25, 0.3) is 15.9 Å². The van der Waals surface area contributed by atoms with Crippen molar-refractivity contribution in [3.63, 3.8) is 0 Å². The van der Waals surface area contributed by atoms with Crippen molar-refractivity contribution < 1.29 is 17.9 Å². The molecule has 0 radical (unpaired) electrons. The number of hydrogen-bond donors (Lipinski definition) is 0. The third-order valence-corrected chi connectivity index (χ3v) is 7.05. The molecular weight excluding hydrogens is 348 g/mol. The van der Waals surface area contributed by atoms with Gasteiger partial charge in [0.15, 0.2) is 0 Å². The monoisotopic (exact) mass is 366 g/mol. The highest BCUT2D eigenvalue weighted by molar-refractivity contribution is 7.91. The number of halogens is 1. The molecule has 0 aliphatic carbocycles. The van der Waals surface area contributed by atoms with Gasteiger partial charge in [0, 0.05) is 32.8 Å². The molecular formula is C13H19ClN2O4S2. The van der Waals surface area contributed by atoms with Crippen molar-refractivity contribution in [2.24, 2.45) is 0 Å². The molecule has 1 fully saturated rings. The lowest BCUT2D eigenvalue weighted by molar-refractivity contribution is -0.143. The minimum Gasteiger partial charge on any atom is -0.369 e. The second-order valence-electron chi connectivity index (χ2n) is 4.89. The van der Waals surface area contributed by atoms with Gasteiger partial charge >= 0.3 is 0 Å². The van der Waals surface area contributed by atoms with Gasteiger partial charge in [-0.15, -0.1) is 11.3 Å². The number of amides is 1. The van der Waals surface area contributed by atoms with Gasteiger partial charge in [-0.25, -0.2) is 8.42 Å². The average molecular weight is 367 g/mol. The third-order valence-electron chi connectivity index (χ3n) is 3.46. The van der Waals surface area contributed by atoms with Crippen LogP contribution < -0.4 is 0 Å². The molecule has 22 heavy (non-hydrogen) atoms. The van der Waals surface area contributed by atoms with Gasteiger partial charge in [0.05, 0.1) is 4.34 Å². The zero-order valence-corrected chi connectivity index (χ0v) is 14.9. The van der Waals surface area contributed by atoms with Gasteiger partial charge in [-0.3, -0.25) is 4.79 Å². The Hall–Kier alpha value is -0.670. The van der Waals surface area contributed by atoms with E-state index in [0.717, 1.165) is 11.3 Å². The van der Waals surface area contributed by atoms with Crippen molar-refractivity contribution in [1.29, 1.82) is 0 Å². The first-order chi connectivity index (χ1) is 10.4. The van der Waals surface area contributed by atoms with Crippen LogP contribution in [0, 0.1) is 0 Å². The molecule has 1 aliphatic heterocycles. The summed E-state index contributed by atoms with van der Waals surface area (Å²) < 4.78 is 32.3. The summed E-state index contributed by atoms with van der Waals surface area (Å²) in [6, 6.07) is 3.08. The van der Waals surface area contributed by atoms with E-state index in [4.69, 9.17) is 16.3 Å². The first kappa shape index (κ1) is 17.7. The second kappa shape index (κ2) is 7.27. The van der Waals surface area contributed by atoms with E-state index in [1.165, 1.54) is 10.4 Å². The van der Waals surface area contributed by atoms with Crippen LogP contribution in [0.1, 0.15) is 13.8 Å². The Morgan fingerprint density at radius 3 is 2.50 bits per heavy atom. The fraction of sp³-hybridized carbons (Fsp3) is 0.615. The number of nitrogens with zero attached hydrogens (tertiary/aromatic N) is 2. The number of carbonyl (C=O) groups is 1. The van der Waals surface area contributed by atoms with Gasteiger partial charge in [0.1, 0.15) is 10.3 Å². The molecule has 2 rings (SSSR count). The maximum Gasteiger partial charge on any atom is 0.252 e. The average Bonchev–Trinajstić information content (AvgIpc) is 2.94. The summed E-state index contributed by atoms with van der Waals surface area (Å²) >= 11 is 6.85. The largest absolute Gasteiger partial charge is 0.369 e. The standard InChI is InChI=1S/C13H19ClN2O4S2/c1-3-20-10(2)13(17)15-6-8-16(9-7-15)22(18,19)12-5-4-11(14)21-12/h4-5,10H,3,6-9H2,1-2H3. The Morgan fingerprint density at radius 1 is 1.36 bits per heavy atom. The number of sulfonamides is 1. The zero-order valence-electron chi connectivity index (χ0n) is 12.5. The summed E-state index contributed by atoms with van der Waals surface area (Å²) in [5.74, 6) is -0.0990. The zero-order chi connectivity index (χ0) is 16.3. The topological polar surface area (TPSA) is 66.9 Å². The van der Waals surface area contributed by atoms with Crippen LogP contribution in [0.15, 0.2) is 16.3 Å². The van der Waals surface area contributed by atoms with Gasteiger partial charge in [-0.05, 0) is 26.0 Å². The van der Waals surface area contributed by atoms with Crippen LogP contribution in [0.3, 0.4) is 0 Å². The number of hydrogen-bond acceptors (Lipinski definition) is 5. The van der Waals surface area contributed by atoms with E-state index in [9.17, 15) is 13.2 Å². The third kappa shape index (κ3) is 3.80. The highest BCUT2D eigenvalue weighted by Gasteiger charge is 2.32. The predicted molar refractivity (Wildman–Crippen MR) is 85.8 cm³/mol. The molecule has 0 aromatic carbocycles. The smallest absolute Gasteiger partial charge is 0.252 e. The SMILES string of the molecule is CCOC(C)C(=O)N1CCN(S(=O)(=O)c2ccc(Cl)s2)CC1. The highest BCUT2D eigenvalue weighted by Crippen LogP contribution is 2.28. The molecule has 9 heteroatoms. The quantitative estimate of drug-likeness (QED) is 0.794. The summed E-state index contributed by atoms with van der Waals surface area (Å²) in [5.41, 5.74) is 0. The normalized spacial score (nSPS) is 18.4. The molecule has 1 aromatic rings. The van der Waals surface area contributed by atoms with Crippen LogP contribution in [-0.2, 0) is 19.6 Å². The van der Waals surface area contributed by atoms with Gasteiger partial charge < -0.3 is 9.64 Å². The molecule has 1 aliphatic rings. The van der Waals surface area contributed by atoms with Gasteiger partial charge in [-0.1, -0.05) is 11.6 Å². The van der Waals surface area contributed by atoms with Crippen LogP contribution in [0.5, 0.6) is 0 Å². The Labute approximate surface area is 139 Å². The summed E-state index contributed by atoms with van der Waals surface area (Å²) in [4.78, 5) is 13.8. The molecule has 1 atom stereocenters. The molecule has 124 valence electrons. The number of ether oxygens (including phenoxy) is 1. The Bertz CT molecular complexity index is 624. The van der Waals surface area contributed by atoms with E-state index in [0.29, 0.717) is 24.0 Å². The number of rotatable bonds is 5. The van der Waals surface area contributed by atoms with E-state index in [2.05, 4.69) is 0 Å². The van der Waals surface area contributed by atoms with Crippen LogP contribution in [0.25, 0.3) is 0 Å². The number of piperazine rings is 1. The van der Waals surface area contributed by atoms with Crippen molar-refractivity contribution in [1.82, 2.24) is 9.21 Å². The molecule has 0 spiro atoms. The van der Waals surface area contributed by atoms with Gasteiger partial charge in [-0.2, -0.15) is 4.31 Å². The van der Waals surface area contributed by atoms with E-state index in [1.807, 2.05) is 6.92 Å². The lowest BCUT2D eigenvalue weighted by Crippen LogP contribution is -2.52. The van der Waals surface area contributed by atoms with Crippen molar-refractivity contribution in [2.45, 2.75) is 24.2 Å². The van der Waals surface area contributed by atoms with Crippen molar-refractivity contribution >= 4 is 38.9 Å². The molecule has 6 nitrogen and oxygen atoms in total. The lowest BCUT2D eigenvalue weighted by Gasteiger charge is -2.34. The maximum atomic E-state index is 12.5.